The van der Waals surface area contributed by atoms with E-state index in [1.807, 2.05) is 0 Å². The van der Waals surface area contributed by atoms with Crippen LogP contribution in [0.15, 0.2) is 41.6 Å². The summed E-state index contributed by atoms with van der Waals surface area (Å²) in [5.74, 6) is -0.977. The molecule has 29 heavy (non-hydrogen) atoms. The quantitative estimate of drug-likeness (QED) is 0.450. The van der Waals surface area contributed by atoms with Gasteiger partial charge < -0.3 is 4.84 Å². The average Bonchev–Trinajstić information content (AvgIpc) is 2.71. The molecule has 0 bridgehead atoms. The van der Waals surface area contributed by atoms with Crippen molar-refractivity contribution in [2.24, 2.45) is 5.16 Å². The van der Waals surface area contributed by atoms with Crippen molar-refractivity contribution < 1.29 is 19.1 Å². The summed E-state index contributed by atoms with van der Waals surface area (Å²) < 4.78 is 14.0. The fourth-order valence-corrected chi connectivity index (χ4v) is 3.58. The van der Waals surface area contributed by atoms with Crippen LogP contribution < -0.4 is 0 Å². The molecular formula is C19H17ClFN3O5. The molecule has 8 nitrogen and oxygen atoms in total. The van der Waals surface area contributed by atoms with Crippen molar-refractivity contribution in [3.63, 3.8) is 0 Å². The molecule has 0 radical (unpaired) electrons. The van der Waals surface area contributed by atoms with E-state index in [1.165, 1.54) is 24.3 Å². The normalized spacial score (nSPS) is 17.9. The summed E-state index contributed by atoms with van der Waals surface area (Å²) in [5, 5.41) is 26.5. The third kappa shape index (κ3) is 4.68. The second kappa shape index (κ2) is 8.95. The number of oxime groups is 1. The monoisotopic (exact) mass is 421 g/mol. The number of hydrogen-bond donors (Lipinski definition) is 0. The Bertz CT molecular complexity index is 982. The van der Waals surface area contributed by atoms with Gasteiger partial charge in [0.05, 0.1) is 26.6 Å². The Morgan fingerprint density at radius 1 is 1.17 bits per heavy atom. The van der Waals surface area contributed by atoms with Crippen LogP contribution in [0.1, 0.15) is 42.7 Å². The number of nitro groups is 2. The Morgan fingerprint density at radius 2 is 1.97 bits per heavy atom. The molecule has 2 aromatic carbocycles. The summed E-state index contributed by atoms with van der Waals surface area (Å²) in [6.45, 7) is -0.134. The molecular weight excluding hydrogens is 405 g/mol. The van der Waals surface area contributed by atoms with Gasteiger partial charge in [0.25, 0.3) is 11.4 Å². The van der Waals surface area contributed by atoms with Crippen molar-refractivity contribution >= 4 is 28.7 Å². The van der Waals surface area contributed by atoms with Gasteiger partial charge in [0.15, 0.2) is 0 Å². The van der Waals surface area contributed by atoms with Crippen LogP contribution in [0.5, 0.6) is 0 Å². The number of nitro benzene ring substituents is 2. The smallest absolute Gasteiger partial charge is 0.280 e. The first-order valence-corrected chi connectivity index (χ1v) is 9.30. The molecule has 1 fully saturated rings. The molecule has 2 aromatic rings. The lowest BCUT2D eigenvalue weighted by molar-refractivity contribution is -0.394. The molecule has 152 valence electrons. The number of hydrogen-bond acceptors (Lipinski definition) is 6. The lowest BCUT2D eigenvalue weighted by atomic mass is 9.81. The fourth-order valence-electron chi connectivity index (χ4n) is 3.38. The first-order valence-electron chi connectivity index (χ1n) is 8.93. The van der Waals surface area contributed by atoms with E-state index in [0.717, 1.165) is 18.9 Å². The first kappa shape index (κ1) is 20.7. The zero-order valence-corrected chi connectivity index (χ0v) is 16.0. The lowest BCUT2D eigenvalue weighted by Crippen LogP contribution is -2.19. The molecule has 0 spiro atoms. The van der Waals surface area contributed by atoms with Crippen molar-refractivity contribution in [1.82, 2.24) is 0 Å². The van der Waals surface area contributed by atoms with Crippen LogP contribution in [0, 0.1) is 26.0 Å². The molecule has 0 heterocycles. The molecule has 1 atom stereocenters. The van der Waals surface area contributed by atoms with E-state index in [0.29, 0.717) is 24.1 Å². The SMILES string of the molecule is O=[N+]([O-])c1ccc([C@H]2CCCC/C2=N\OCc2cccc(Cl)c2F)c([N+](=O)[O-])c1. The van der Waals surface area contributed by atoms with Crippen LogP contribution in [-0.2, 0) is 11.4 Å². The van der Waals surface area contributed by atoms with Gasteiger partial charge in [0.2, 0.25) is 0 Å². The lowest BCUT2D eigenvalue weighted by Gasteiger charge is -2.23. The Hall–Kier alpha value is -3.07. The van der Waals surface area contributed by atoms with E-state index >= 15 is 0 Å². The third-order valence-electron chi connectivity index (χ3n) is 4.81. The number of non-ortho nitro benzene ring substituents is 1. The van der Waals surface area contributed by atoms with Gasteiger partial charge in [-0.25, -0.2) is 4.39 Å². The molecule has 0 aliphatic heterocycles. The zero-order valence-electron chi connectivity index (χ0n) is 15.2. The molecule has 1 saturated carbocycles. The van der Waals surface area contributed by atoms with E-state index in [4.69, 9.17) is 16.4 Å². The summed E-state index contributed by atoms with van der Waals surface area (Å²) >= 11 is 5.75. The summed E-state index contributed by atoms with van der Waals surface area (Å²) in [7, 11) is 0. The van der Waals surface area contributed by atoms with Crippen LogP contribution in [0.25, 0.3) is 0 Å². The minimum absolute atomic E-state index is 0.0178. The van der Waals surface area contributed by atoms with E-state index in [9.17, 15) is 24.6 Å². The zero-order chi connectivity index (χ0) is 21.0. The second-order valence-electron chi connectivity index (χ2n) is 6.62. The molecule has 1 aliphatic rings. The minimum atomic E-state index is -0.671. The molecule has 0 unspecified atom stereocenters. The van der Waals surface area contributed by atoms with Crippen LogP contribution in [0.2, 0.25) is 5.02 Å². The molecule has 3 rings (SSSR count). The number of rotatable bonds is 6. The molecule has 0 amide bonds. The Balaban J connectivity index is 1.86. The van der Waals surface area contributed by atoms with Crippen molar-refractivity contribution in [2.45, 2.75) is 38.2 Å². The standard InChI is InChI=1S/C19H17ClFN3O5/c20-16-6-3-4-12(19(16)21)11-29-22-17-7-2-1-5-14(17)15-9-8-13(23(25)26)10-18(15)24(27)28/h3-4,6,8-10,14H,1-2,5,7,11H2/b22-17+/t14-/m1/s1. The number of nitrogens with zero attached hydrogens (tertiary/aromatic N) is 3. The van der Waals surface area contributed by atoms with Crippen molar-refractivity contribution in [1.29, 1.82) is 0 Å². The van der Waals surface area contributed by atoms with Crippen LogP contribution in [-0.4, -0.2) is 15.6 Å². The van der Waals surface area contributed by atoms with Gasteiger partial charge in [0, 0.05) is 23.1 Å². The summed E-state index contributed by atoms with van der Waals surface area (Å²) in [4.78, 5) is 26.4. The molecule has 0 aromatic heterocycles. The predicted octanol–water partition coefficient (Wildman–Crippen LogP) is 5.53. The first-order chi connectivity index (χ1) is 13.9. The third-order valence-corrected chi connectivity index (χ3v) is 5.10. The molecule has 1 aliphatic carbocycles. The van der Waals surface area contributed by atoms with E-state index in [-0.39, 0.29) is 28.6 Å². The van der Waals surface area contributed by atoms with Gasteiger partial charge in [0.1, 0.15) is 12.4 Å². The van der Waals surface area contributed by atoms with Gasteiger partial charge in [-0.2, -0.15) is 0 Å². The van der Waals surface area contributed by atoms with Crippen molar-refractivity contribution in [3.05, 3.63) is 78.6 Å². The Labute approximate surface area is 170 Å². The maximum Gasteiger partial charge on any atom is 0.280 e. The van der Waals surface area contributed by atoms with Crippen LogP contribution in [0.3, 0.4) is 0 Å². The van der Waals surface area contributed by atoms with E-state index < -0.39 is 21.6 Å². The topological polar surface area (TPSA) is 108 Å². The van der Waals surface area contributed by atoms with E-state index in [2.05, 4.69) is 5.16 Å². The fraction of sp³-hybridized carbons (Fsp3) is 0.316. The van der Waals surface area contributed by atoms with Crippen molar-refractivity contribution in [3.8, 4) is 0 Å². The second-order valence-corrected chi connectivity index (χ2v) is 7.03. The summed E-state index contributed by atoms with van der Waals surface area (Å²) in [6.07, 6.45) is 2.84. The predicted molar refractivity (Wildman–Crippen MR) is 105 cm³/mol. The Kier molecular flexibility index (Phi) is 6.38. The van der Waals surface area contributed by atoms with Crippen molar-refractivity contribution in [2.75, 3.05) is 0 Å². The van der Waals surface area contributed by atoms with E-state index in [1.54, 1.807) is 6.07 Å². The summed E-state index contributed by atoms with van der Waals surface area (Å²) in [6, 6.07) is 8.16. The number of benzene rings is 2. The highest BCUT2D eigenvalue weighted by atomic mass is 35.5. The van der Waals surface area contributed by atoms with Gasteiger partial charge >= 0.3 is 0 Å². The maximum absolute atomic E-state index is 14.0. The number of halogens is 2. The molecule has 10 heteroatoms. The molecule has 0 saturated heterocycles. The van der Waals surface area contributed by atoms with Gasteiger partial charge in [-0.15, -0.1) is 0 Å². The Morgan fingerprint density at radius 3 is 2.69 bits per heavy atom. The maximum atomic E-state index is 14.0. The summed E-state index contributed by atoms with van der Waals surface area (Å²) in [5.41, 5.74) is 0.532. The highest BCUT2D eigenvalue weighted by molar-refractivity contribution is 6.30. The van der Waals surface area contributed by atoms with Crippen LogP contribution >= 0.6 is 11.6 Å². The largest absolute Gasteiger partial charge is 0.391 e. The molecule has 0 N–H and O–H groups in total. The highest BCUT2D eigenvalue weighted by Gasteiger charge is 2.30. The van der Waals surface area contributed by atoms with Gasteiger partial charge in [-0.3, -0.25) is 20.2 Å². The minimum Gasteiger partial charge on any atom is -0.391 e. The van der Waals surface area contributed by atoms with Gasteiger partial charge in [-0.05, 0) is 31.4 Å². The average molecular weight is 422 g/mol. The highest BCUT2D eigenvalue weighted by Crippen LogP contribution is 2.37. The van der Waals surface area contributed by atoms with Crippen LogP contribution in [0.4, 0.5) is 15.8 Å². The van der Waals surface area contributed by atoms with Gasteiger partial charge in [-0.1, -0.05) is 35.3 Å².